The Kier molecular flexibility index (Phi) is 15.6. The Morgan fingerprint density at radius 2 is 1.23 bits per heavy atom. The molecule has 0 aliphatic carbocycles. The van der Waals surface area contributed by atoms with Crippen molar-refractivity contribution in [2.75, 3.05) is 6.61 Å². The van der Waals surface area contributed by atoms with Crippen LogP contribution >= 0.6 is 0 Å². The molecule has 4 heteroatoms. The van der Waals surface area contributed by atoms with Crippen LogP contribution in [0.4, 0.5) is 0 Å². The van der Waals surface area contributed by atoms with E-state index in [-0.39, 0.29) is 12.7 Å². The van der Waals surface area contributed by atoms with Gasteiger partial charge in [-0.15, -0.1) is 0 Å². The first-order valence-electron chi connectivity index (χ1n) is 9.34. The quantitative estimate of drug-likeness (QED) is 0.329. The highest BCUT2D eigenvalue weighted by atomic mass is 16.3. The standard InChI is InChI=1S/C18H39NO3/c1-2-3-4-5-6-7-8-9-10-11-12-16(21)13-14-18(22)17(19)15-20/h16-18,20-22H,2-15,19H2,1H3/t16?,17-,18+/m0/s1. The van der Waals surface area contributed by atoms with E-state index < -0.39 is 12.1 Å². The molecule has 0 aliphatic heterocycles. The molecule has 1 unspecified atom stereocenters. The average Bonchev–Trinajstić information content (AvgIpc) is 2.53. The fourth-order valence-electron chi connectivity index (χ4n) is 2.71. The van der Waals surface area contributed by atoms with Crippen molar-refractivity contribution in [3.63, 3.8) is 0 Å². The highest BCUT2D eigenvalue weighted by Crippen LogP contribution is 2.14. The van der Waals surface area contributed by atoms with E-state index >= 15 is 0 Å². The molecule has 0 aromatic carbocycles. The van der Waals surface area contributed by atoms with Gasteiger partial charge in [-0.05, 0) is 19.3 Å². The molecule has 134 valence electrons. The average molecular weight is 318 g/mol. The molecule has 22 heavy (non-hydrogen) atoms. The molecule has 0 spiro atoms. The topological polar surface area (TPSA) is 86.7 Å². The maximum Gasteiger partial charge on any atom is 0.0714 e. The van der Waals surface area contributed by atoms with Gasteiger partial charge in [0.25, 0.3) is 0 Å². The molecule has 0 aromatic rings. The summed E-state index contributed by atoms with van der Waals surface area (Å²) < 4.78 is 0. The Labute approximate surface area is 137 Å². The lowest BCUT2D eigenvalue weighted by Gasteiger charge is -2.18. The van der Waals surface area contributed by atoms with Crippen molar-refractivity contribution in [1.29, 1.82) is 0 Å². The first-order chi connectivity index (χ1) is 10.6. The van der Waals surface area contributed by atoms with Gasteiger partial charge in [-0.3, -0.25) is 0 Å². The molecule has 0 rings (SSSR count). The predicted molar refractivity (Wildman–Crippen MR) is 92.8 cm³/mol. The van der Waals surface area contributed by atoms with Crippen molar-refractivity contribution in [2.45, 2.75) is 109 Å². The van der Waals surface area contributed by atoms with Crippen molar-refractivity contribution >= 4 is 0 Å². The highest BCUT2D eigenvalue weighted by molar-refractivity contribution is 4.72. The predicted octanol–water partition coefficient (Wildman–Crippen LogP) is 3.12. The third-order valence-corrected chi connectivity index (χ3v) is 4.39. The number of nitrogens with two attached hydrogens (primary N) is 1. The Morgan fingerprint density at radius 3 is 1.73 bits per heavy atom. The van der Waals surface area contributed by atoms with Gasteiger partial charge in [0.1, 0.15) is 0 Å². The number of hydrogen-bond donors (Lipinski definition) is 4. The number of hydrogen-bond acceptors (Lipinski definition) is 4. The van der Waals surface area contributed by atoms with Crippen molar-refractivity contribution < 1.29 is 15.3 Å². The van der Waals surface area contributed by atoms with Crippen LogP contribution in [0.1, 0.15) is 90.4 Å². The molecule has 0 heterocycles. The van der Waals surface area contributed by atoms with E-state index in [2.05, 4.69) is 6.92 Å². The van der Waals surface area contributed by atoms with Gasteiger partial charge in [-0.2, -0.15) is 0 Å². The number of rotatable bonds is 16. The van der Waals surface area contributed by atoms with Crippen LogP contribution in [-0.2, 0) is 0 Å². The number of aliphatic hydroxyl groups is 3. The Balaban J connectivity index is 3.30. The van der Waals surface area contributed by atoms with Gasteiger partial charge in [0, 0.05) is 0 Å². The summed E-state index contributed by atoms with van der Waals surface area (Å²) in [4.78, 5) is 0. The molecule has 5 N–H and O–H groups in total. The Morgan fingerprint density at radius 1 is 0.727 bits per heavy atom. The SMILES string of the molecule is CCCCCCCCCCCCC(O)CC[C@@H](O)[C@@H](N)CO. The zero-order valence-corrected chi connectivity index (χ0v) is 14.6. The minimum Gasteiger partial charge on any atom is -0.395 e. The van der Waals surface area contributed by atoms with Crippen LogP contribution in [0.25, 0.3) is 0 Å². The summed E-state index contributed by atoms with van der Waals surface area (Å²) in [7, 11) is 0. The summed E-state index contributed by atoms with van der Waals surface area (Å²) in [5.41, 5.74) is 5.53. The fourth-order valence-corrected chi connectivity index (χ4v) is 2.71. The largest absolute Gasteiger partial charge is 0.395 e. The van der Waals surface area contributed by atoms with Gasteiger partial charge in [-0.25, -0.2) is 0 Å². The van der Waals surface area contributed by atoms with Crippen LogP contribution in [0.15, 0.2) is 0 Å². The number of unbranched alkanes of at least 4 members (excludes halogenated alkanes) is 9. The monoisotopic (exact) mass is 317 g/mol. The smallest absolute Gasteiger partial charge is 0.0714 e. The van der Waals surface area contributed by atoms with Gasteiger partial charge in [-0.1, -0.05) is 71.1 Å². The molecule has 0 bridgehead atoms. The third-order valence-electron chi connectivity index (χ3n) is 4.39. The zero-order chi connectivity index (χ0) is 16.6. The summed E-state index contributed by atoms with van der Waals surface area (Å²) in [6.07, 6.45) is 13.7. The second-order valence-electron chi connectivity index (χ2n) is 6.62. The van der Waals surface area contributed by atoms with Crippen LogP contribution in [-0.4, -0.2) is 40.2 Å². The second-order valence-corrected chi connectivity index (χ2v) is 6.62. The van der Waals surface area contributed by atoms with Gasteiger partial charge in [0.05, 0.1) is 24.9 Å². The summed E-state index contributed by atoms with van der Waals surface area (Å²) in [5, 5.41) is 28.3. The van der Waals surface area contributed by atoms with E-state index in [0.29, 0.717) is 12.8 Å². The molecule has 0 fully saturated rings. The van der Waals surface area contributed by atoms with Crippen LogP contribution in [0.5, 0.6) is 0 Å². The minimum absolute atomic E-state index is 0.213. The van der Waals surface area contributed by atoms with E-state index in [4.69, 9.17) is 10.8 Å². The summed E-state index contributed by atoms with van der Waals surface area (Å²) >= 11 is 0. The maximum atomic E-state index is 9.86. The number of aliphatic hydroxyl groups excluding tert-OH is 3. The van der Waals surface area contributed by atoms with Crippen LogP contribution in [0.2, 0.25) is 0 Å². The van der Waals surface area contributed by atoms with Gasteiger partial charge in [0.15, 0.2) is 0 Å². The van der Waals surface area contributed by atoms with Gasteiger partial charge in [0.2, 0.25) is 0 Å². The summed E-state index contributed by atoms with van der Waals surface area (Å²) in [6, 6.07) is -0.593. The second kappa shape index (κ2) is 15.7. The van der Waals surface area contributed by atoms with Crippen molar-refractivity contribution in [2.24, 2.45) is 5.73 Å². The minimum atomic E-state index is -0.715. The molecule has 0 amide bonds. The molecule has 0 aliphatic rings. The Bertz CT molecular complexity index is 226. The lowest BCUT2D eigenvalue weighted by Crippen LogP contribution is -2.38. The molecule has 4 nitrogen and oxygen atoms in total. The third kappa shape index (κ3) is 13.5. The van der Waals surface area contributed by atoms with E-state index in [1.165, 1.54) is 57.8 Å². The lowest BCUT2D eigenvalue weighted by molar-refractivity contribution is 0.0753. The zero-order valence-electron chi connectivity index (χ0n) is 14.6. The first kappa shape index (κ1) is 21.8. The molecular weight excluding hydrogens is 278 g/mol. The van der Waals surface area contributed by atoms with Crippen molar-refractivity contribution in [3.05, 3.63) is 0 Å². The molecule has 0 saturated heterocycles. The first-order valence-corrected chi connectivity index (χ1v) is 9.34. The van der Waals surface area contributed by atoms with E-state index in [9.17, 15) is 10.2 Å². The molecule has 0 saturated carbocycles. The van der Waals surface area contributed by atoms with Gasteiger partial charge < -0.3 is 21.1 Å². The normalized spacial score (nSPS) is 15.7. The van der Waals surface area contributed by atoms with E-state index in [1.54, 1.807) is 0 Å². The maximum absolute atomic E-state index is 9.86. The van der Waals surface area contributed by atoms with Crippen LogP contribution in [0.3, 0.4) is 0 Å². The summed E-state index contributed by atoms with van der Waals surface area (Å²) in [5.74, 6) is 0. The van der Waals surface area contributed by atoms with Crippen molar-refractivity contribution in [3.8, 4) is 0 Å². The van der Waals surface area contributed by atoms with Crippen molar-refractivity contribution in [1.82, 2.24) is 0 Å². The van der Waals surface area contributed by atoms with Crippen LogP contribution < -0.4 is 5.73 Å². The van der Waals surface area contributed by atoms with E-state index in [1.807, 2.05) is 0 Å². The summed E-state index contributed by atoms with van der Waals surface area (Å²) in [6.45, 7) is 2.03. The van der Waals surface area contributed by atoms with E-state index in [0.717, 1.165) is 12.8 Å². The highest BCUT2D eigenvalue weighted by Gasteiger charge is 2.15. The fraction of sp³-hybridized carbons (Fsp3) is 1.00. The molecular formula is C18H39NO3. The lowest BCUT2D eigenvalue weighted by atomic mass is 10.0. The Hall–Kier alpha value is -0.160. The van der Waals surface area contributed by atoms with Crippen LogP contribution in [0, 0.1) is 0 Å². The molecule has 0 aromatic heterocycles. The van der Waals surface area contributed by atoms with Gasteiger partial charge >= 0.3 is 0 Å². The molecule has 3 atom stereocenters. The molecule has 0 radical (unpaired) electrons.